The number of aliphatic carboxylic acids is 1. The van der Waals surface area contributed by atoms with Crippen molar-refractivity contribution in [3.8, 4) is 11.5 Å². The van der Waals surface area contributed by atoms with Crippen LogP contribution in [-0.4, -0.2) is 73.4 Å². The van der Waals surface area contributed by atoms with Gasteiger partial charge in [-0.25, -0.2) is 9.59 Å². The van der Waals surface area contributed by atoms with Crippen molar-refractivity contribution in [2.24, 2.45) is 0 Å². The molecule has 3 N–H and O–H groups in total. The van der Waals surface area contributed by atoms with Gasteiger partial charge in [0.2, 0.25) is 0 Å². The SMILES string of the molecule is CCOc1cc2c(cc1C(=O)NC)C(=N)N(CC(=O)c1cc(C(=O)OC)c(OCC(=O)O)c(C(C)(C)C)c1)C2. The zero-order valence-electron chi connectivity index (χ0n) is 22.9. The van der Waals surface area contributed by atoms with Crippen LogP contribution in [0.4, 0.5) is 0 Å². The Kier molecular flexibility index (Phi) is 8.63. The van der Waals surface area contributed by atoms with Gasteiger partial charge in [-0.3, -0.25) is 15.0 Å². The number of methoxy groups -OCH3 is 1. The molecule has 11 nitrogen and oxygen atoms in total. The molecule has 2 aromatic rings. The molecule has 0 aromatic heterocycles. The molecule has 0 unspecified atom stereocenters. The number of amides is 1. The molecule has 0 radical (unpaired) electrons. The van der Waals surface area contributed by atoms with Gasteiger partial charge in [-0.05, 0) is 42.2 Å². The van der Waals surface area contributed by atoms with Crippen LogP contribution in [0.25, 0.3) is 0 Å². The van der Waals surface area contributed by atoms with Crippen LogP contribution in [-0.2, 0) is 21.5 Å². The molecule has 2 aromatic carbocycles. The number of amidine groups is 1. The minimum atomic E-state index is -1.22. The number of carboxylic acid groups (broad SMARTS) is 1. The fourth-order valence-corrected chi connectivity index (χ4v) is 4.31. The maximum absolute atomic E-state index is 13.5. The number of carbonyl (C=O) groups excluding carboxylic acids is 3. The third kappa shape index (κ3) is 6.19. The van der Waals surface area contributed by atoms with Crippen LogP contribution in [0.1, 0.15) is 75.5 Å². The number of rotatable bonds is 10. The lowest BCUT2D eigenvalue weighted by molar-refractivity contribution is -0.139. The first kappa shape index (κ1) is 29.2. The Balaban J connectivity index is 1.98. The van der Waals surface area contributed by atoms with Gasteiger partial charge in [0, 0.05) is 30.3 Å². The summed E-state index contributed by atoms with van der Waals surface area (Å²) in [4.78, 5) is 51.2. The quantitative estimate of drug-likeness (QED) is 0.305. The maximum atomic E-state index is 13.5. The summed E-state index contributed by atoms with van der Waals surface area (Å²) in [6.45, 7) is 7.10. The number of nitrogens with one attached hydrogen (secondary N) is 2. The molecule has 0 spiro atoms. The summed E-state index contributed by atoms with van der Waals surface area (Å²) < 4.78 is 16.0. The first-order valence-corrected chi connectivity index (χ1v) is 12.3. The molecule has 1 heterocycles. The van der Waals surface area contributed by atoms with Gasteiger partial charge in [0.15, 0.2) is 12.4 Å². The lowest BCUT2D eigenvalue weighted by Crippen LogP contribution is -2.31. The summed E-state index contributed by atoms with van der Waals surface area (Å²) in [5, 5.41) is 20.4. The normalized spacial score (nSPS) is 12.6. The van der Waals surface area contributed by atoms with Crippen LogP contribution in [0.5, 0.6) is 11.5 Å². The number of ketones is 1. The van der Waals surface area contributed by atoms with E-state index >= 15 is 0 Å². The fourth-order valence-electron chi connectivity index (χ4n) is 4.31. The van der Waals surface area contributed by atoms with Gasteiger partial charge < -0.3 is 29.5 Å². The molecule has 1 aliphatic rings. The smallest absolute Gasteiger partial charge is 0.341 e. The Morgan fingerprint density at radius 3 is 2.33 bits per heavy atom. The molecule has 0 saturated heterocycles. The van der Waals surface area contributed by atoms with Crippen molar-refractivity contribution < 1.29 is 38.5 Å². The molecule has 1 aliphatic heterocycles. The van der Waals surface area contributed by atoms with E-state index < -0.39 is 24.0 Å². The van der Waals surface area contributed by atoms with Gasteiger partial charge in [0.1, 0.15) is 22.9 Å². The molecule has 1 amide bonds. The highest BCUT2D eigenvalue weighted by Gasteiger charge is 2.31. The Labute approximate surface area is 226 Å². The van der Waals surface area contributed by atoms with Crippen molar-refractivity contribution in [2.75, 3.05) is 33.9 Å². The molecule has 0 aliphatic carbocycles. The number of fused-ring (bicyclic) bond motifs is 1. The van der Waals surface area contributed by atoms with Crippen LogP contribution in [0, 0.1) is 5.41 Å². The van der Waals surface area contributed by atoms with Crippen LogP contribution in [0.2, 0.25) is 0 Å². The predicted molar refractivity (Wildman–Crippen MR) is 142 cm³/mol. The second-order valence-corrected chi connectivity index (χ2v) is 9.97. The van der Waals surface area contributed by atoms with Crippen molar-refractivity contribution in [1.29, 1.82) is 5.41 Å². The second-order valence-electron chi connectivity index (χ2n) is 9.97. The number of ether oxygens (including phenoxy) is 3. The molecule has 0 bridgehead atoms. The highest BCUT2D eigenvalue weighted by Crippen LogP contribution is 2.37. The van der Waals surface area contributed by atoms with E-state index in [4.69, 9.17) is 24.7 Å². The Hall–Kier alpha value is -4.41. The monoisotopic (exact) mass is 539 g/mol. The summed E-state index contributed by atoms with van der Waals surface area (Å²) >= 11 is 0. The molecule has 0 atom stereocenters. The highest BCUT2D eigenvalue weighted by molar-refractivity contribution is 6.08. The maximum Gasteiger partial charge on any atom is 0.341 e. The Bertz CT molecular complexity index is 1340. The van der Waals surface area contributed by atoms with Crippen molar-refractivity contribution in [2.45, 2.75) is 39.7 Å². The number of hydrogen-bond acceptors (Lipinski definition) is 8. The van der Waals surface area contributed by atoms with Gasteiger partial charge in [0.05, 0.1) is 25.8 Å². The van der Waals surface area contributed by atoms with Crippen LogP contribution in [0.15, 0.2) is 24.3 Å². The molecule has 0 fully saturated rings. The minimum absolute atomic E-state index is 0.0415. The lowest BCUT2D eigenvalue weighted by atomic mass is 9.83. The average molecular weight is 540 g/mol. The van der Waals surface area contributed by atoms with Gasteiger partial charge in [-0.15, -0.1) is 0 Å². The first-order valence-electron chi connectivity index (χ1n) is 12.3. The van der Waals surface area contributed by atoms with E-state index in [2.05, 4.69) is 5.32 Å². The predicted octanol–water partition coefficient (Wildman–Crippen LogP) is 3.02. The lowest BCUT2D eigenvalue weighted by Gasteiger charge is -2.25. The van der Waals surface area contributed by atoms with Crippen molar-refractivity contribution in [3.63, 3.8) is 0 Å². The average Bonchev–Trinajstić information content (AvgIpc) is 3.18. The molecule has 39 heavy (non-hydrogen) atoms. The van der Waals surface area contributed by atoms with E-state index in [1.165, 1.54) is 20.2 Å². The highest BCUT2D eigenvalue weighted by atomic mass is 16.5. The molecule has 208 valence electrons. The fraction of sp³-hybridized carbons (Fsp3) is 0.393. The van der Waals surface area contributed by atoms with Gasteiger partial charge in [-0.2, -0.15) is 0 Å². The van der Waals surface area contributed by atoms with E-state index in [9.17, 15) is 19.2 Å². The molecule has 3 rings (SSSR count). The number of carbonyl (C=O) groups is 4. The van der Waals surface area contributed by atoms with E-state index in [1.54, 1.807) is 30.0 Å². The van der Waals surface area contributed by atoms with Crippen LogP contribution >= 0.6 is 0 Å². The summed E-state index contributed by atoms with van der Waals surface area (Å²) in [5.74, 6) is -2.20. The van der Waals surface area contributed by atoms with E-state index in [-0.39, 0.29) is 47.5 Å². The van der Waals surface area contributed by atoms with Gasteiger partial charge in [0.25, 0.3) is 5.91 Å². The van der Waals surface area contributed by atoms with E-state index in [1.807, 2.05) is 20.8 Å². The van der Waals surface area contributed by atoms with Crippen LogP contribution < -0.4 is 14.8 Å². The largest absolute Gasteiger partial charge is 0.493 e. The second kappa shape index (κ2) is 11.5. The van der Waals surface area contributed by atoms with Gasteiger partial charge in [-0.1, -0.05) is 20.8 Å². The van der Waals surface area contributed by atoms with Crippen molar-refractivity contribution in [1.82, 2.24) is 10.2 Å². The summed E-state index contributed by atoms with van der Waals surface area (Å²) in [6, 6.07) is 6.21. The molecular formula is C28H33N3O8. The number of benzene rings is 2. The standard InChI is InChI=1S/C28H33N3O8/c1-7-38-22-10-16-12-31(25(29)17(16)11-18(22)26(35)30-5)13-21(32)15-8-19(27(36)37-6)24(39-14-23(33)34)20(9-15)28(2,3)4/h8-11,29H,7,12-14H2,1-6H3,(H,30,35)(H,33,34). The Morgan fingerprint density at radius 1 is 1.08 bits per heavy atom. The molecular weight excluding hydrogens is 506 g/mol. The number of Topliss-reactive ketones (excluding diaryl/α,β-unsaturated/α-hetero) is 1. The van der Waals surface area contributed by atoms with E-state index in [0.29, 0.717) is 29.0 Å². The number of nitrogens with zero attached hydrogens (tertiary/aromatic N) is 1. The van der Waals surface area contributed by atoms with E-state index in [0.717, 1.165) is 5.56 Å². The first-order chi connectivity index (χ1) is 18.3. The number of carboxylic acids is 1. The van der Waals surface area contributed by atoms with Crippen molar-refractivity contribution >= 4 is 29.5 Å². The minimum Gasteiger partial charge on any atom is -0.493 e. The third-order valence-electron chi connectivity index (χ3n) is 6.21. The molecule has 11 heteroatoms. The summed E-state index contributed by atoms with van der Waals surface area (Å²) in [7, 11) is 2.69. The third-order valence-corrected chi connectivity index (χ3v) is 6.21. The molecule has 0 saturated carbocycles. The topological polar surface area (TPSA) is 155 Å². The Morgan fingerprint density at radius 2 is 1.77 bits per heavy atom. The zero-order chi connectivity index (χ0) is 29.1. The number of esters is 1. The van der Waals surface area contributed by atoms with Crippen molar-refractivity contribution in [3.05, 3.63) is 57.6 Å². The summed E-state index contributed by atoms with van der Waals surface area (Å²) in [5.41, 5.74) is 1.53. The summed E-state index contributed by atoms with van der Waals surface area (Å²) in [6.07, 6.45) is 0. The zero-order valence-corrected chi connectivity index (χ0v) is 22.9. The number of hydrogen-bond donors (Lipinski definition) is 3. The van der Waals surface area contributed by atoms with Crippen LogP contribution in [0.3, 0.4) is 0 Å². The van der Waals surface area contributed by atoms with Gasteiger partial charge >= 0.3 is 11.9 Å².